The normalized spacial score (nSPS) is 16.4. The summed E-state index contributed by atoms with van der Waals surface area (Å²) in [6.07, 6.45) is 0. The van der Waals surface area contributed by atoms with Gasteiger partial charge in [-0.05, 0) is 19.4 Å². The molecule has 2 N–H and O–H groups in total. The number of aliphatic hydroxyl groups is 2. The van der Waals surface area contributed by atoms with Gasteiger partial charge in [-0.3, -0.25) is 14.6 Å². The number of hydrogen-bond donors (Lipinski definition) is 2. The number of ketones is 1. The maximum Gasteiger partial charge on any atom is 0.182 e. The van der Waals surface area contributed by atoms with Crippen LogP contribution in [0, 0.1) is 0 Å². The molecule has 0 saturated carbocycles. The van der Waals surface area contributed by atoms with Gasteiger partial charge in [-0.25, -0.2) is 0 Å². The third-order valence-corrected chi connectivity index (χ3v) is 4.81. The lowest BCUT2D eigenvalue weighted by atomic mass is 9.90. The Balaban J connectivity index is 2.03. The average Bonchev–Trinajstić information content (AvgIpc) is 2.63. The van der Waals surface area contributed by atoms with Crippen molar-refractivity contribution in [2.45, 2.75) is 25.9 Å². The van der Waals surface area contributed by atoms with Crippen LogP contribution in [0.25, 0.3) is 0 Å². The molecule has 6 nitrogen and oxygen atoms in total. The molecule has 0 bridgehead atoms. The zero-order valence-corrected chi connectivity index (χ0v) is 15.3. The van der Waals surface area contributed by atoms with Crippen LogP contribution in [-0.4, -0.2) is 83.9 Å². The maximum atomic E-state index is 12.9. The lowest BCUT2D eigenvalue weighted by molar-refractivity contribution is -0.00429. The van der Waals surface area contributed by atoms with E-state index in [1.165, 1.54) is 0 Å². The molecule has 0 amide bonds. The van der Waals surface area contributed by atoms with Gasteiger partial charge in [0.15, 0.2) is 5.78 Å². The van der Waals surface area contributed by atoms with Crippen LogP contribution in [0.15, 0.2) is 24.3 Å². The Hall–Kier alpha value is -1.31. The number of nitrogens with zero attached hydrogens (tertiary/aromatic N) is 2. The first kappa shape index (κ1) is 20.0. The summed E-state index contributed by atoms with van der Waals surface area (Å²) in [5, 5.41) is 18.2. The molecule has 1 fully saturated rings. The molecule has 1 aromatic rings. The summed E-state index contributed by atoms with van der Waals surface area (Å²) in [5.41, 5.74) is 1.21. The average molecular weight is 350 g/mol. The summed E-state index contributed by atoms with van der Waals surface area (Å²) in [5.74, 6) is 0.114. The van der Waals surface area contributed by atoms with Gasteiger partial charge in [0.05, 0.1) is 32.0 Å². The van der Waals surface area contributed by atoms with Crippen molar-refractivity contribution in [1.29, 1.82) is 0 Å². The van der Waals surface area contributed by atoms with Crippen LogP contribution in [0.3, 0.4) is 0 Å². The van der Waals surface area contributed by atoms with Crippen molar-refractivity contribution in [2.24, 2.45) is 0 Å². The monoisotopic (exact) mass is 350 g/mol. The molecule has 1 aliphatic rings. The van der Waals surface area contributed by atoms with Crippen LogP contribution in [0.5, 0.6) is 0 Å². The highest BCUT2D eigenvalue weighted by Crippen LogP contribution is 2.22. The highest BCUT2D eigenvalue weighted by Gasteiger charge is 2.35. The Morgan fingerprint density at radius 2 is 1.68 bits per heavy atom. The van der Waals surface area contributed by atoms with Crippen molar-refractivity contribution in [3.63, 3.8) is 0 Å². The lowest BCUT2D eigenvalue weighted by Gasteiger charge is -2.39. The number of carbonyl (C=O) groups excluding carboxylic acids is 1. The molecule has 1 saturated heterocycles. The smallest absolute Gasteiger partial charge is 0.182 e. The summed E-state index contributed by atoms with van der Waals surface area (Å²) in [6.45, 7) is 8.62. The van der Waals surface area contributed by atoms with Crippen molar-refractivity contribution in [2.75, 3.05) is 52.6 Å². The second-order valence-electron chi connectivity index (χ2n) is 6.91. The van der Waals surface area contributed by atoms with Crippen molar-refractivity contribution in [3.8, 4) is 0 Å². The van der Waals surface area contributed by atoms with Gasteiger partial charge < -0.3 is 14.9 Å². The van der Waals surface area contributed by atoms with Crippen molar-refractivity contribution in [3.05, 3.63) is 35.4 Å². The summed E-state index contributed by atoms with van der Waals surface area (Å²) in [4.78, 5) is 17.1. The predicted molar refractivity (Wildman–Crippen MR) is 96.7 cm³/mol. The zero-order valence-electron chi connectivity index (χ0n) is 15.3. The summed E-state index contributed by atoms with van der Waals surface area (Å²) in [7, 11) is 0. The van der Waals surface area contributed by atoms with Gasteiger partial charge in [-0.2, -0.15) is 0 Å². The standard InChI is InChI=1S/C19H30N2O4/c1-19(2,21-9-13-25-14-10-21)18(24)17-5-3-16(4-6-17)15-20(7-11-22)8-12-23/h3-6,22-23H,7-15H2,1-2H3. The molecule has 0 aromatic heterocycles. The minimum Gasteiger partial charge on any atom is -0.395 e. The molecule has 2 rings (SSSR count). The fourth-order valence-electron chi connectivity index (χ4n) is 3.19. The molecule has 1 aliphatic heterocycles. The minimum absolute atomic E-state index is 0.0598. The lowest BCUT2D eigenvalue weighted by Crippen LogP contribution is -2.54. The Labute approximate surface area is 150 Å². The number of ether oxygens (including phenoxy) is 1. The number of aliphatic hydroxyl groups excluding tert-OH is 2. The van der Waals surface area contributed by atoms with Gasteiger partial charge in [0.1, 0.15) is 0 Å². The van der Waals surface area contributed by atoms with E-state index in [2.05, 4.69) is 4.90 Å². The first-order valence-corrected chi connectivity index (χ1v) is 8.89. The molecular weight excluding hydrogens is 320 g/mol. The van der Waals surface area contributed by atoms with E-state index in [1.807, 2.05) is 43.0 Å². The number of morpholine rings is 1. The van der Waals surface area contributed by atoms with E-state index in [4.69, 9.17) is 14.9 Å². The van der Waals surface area contributed by atoms with Crippen LogP contribution in [-0.2, 0) is 11.3 Å². The van der Waals surface area contributed by atoms with Gasteiger partial charge in [0.2, 0.25) is 0 Å². The highest BCUT2D eigenvalue weighted by molar-refractivity contribution is 6.02. The van der Waals surface area contributed by atoms with Crippen LogP contribution >= 0.6 is 0 Å². The number of benzene rings is 1. The van der Waals surface area contributed by atoms with Gasteiger partial charge in [0.25, 0.3) is 0 Å². The zero-order chi connectivity index (χ0) is 18.3. The molecule has 6 heteroatoms. The SMILES string of the molecule is CC(C)(C(=O)c1ccc(CN(CCO)CCO)cc1)N1CCOCC1. The van der Waals surface area contributed by atoms with Crippen LogP contribution in [0.2, 0.25) is 0 Å². The fourth-order valence-corrected chi connectivity index (χ4v) is 3.19. The van der Waals surface area contributed by atoms with Crippen LogP contribution in [0.4, 0.5) is 0 Å². The minimum atomic E-state index is -0.550. The van der Waals surface area contributed by atoms with E-state index in [1.54, 1.807) is 0 Å². The van der Waals surface area contributed by atoms with E-state index in [9.17, 15) is 4.79 Å². The quantitative estimate of drug-likeness (QED) is 0.641. The Kier molecular flexibility index (Phi) is 7.53. The Morgan fingerprint density at radius 3 is 2.20 bits per heavy atom. The second kappa shape index (κ2) is 9.40. The van der Waals surface area contributed by atoms with Gasteiger partial charge in [-0.15, -0.1) is 0 Å². The summed E-state index contributed by atoms with van der Waals surface area (Å²) >= 11 is 0. The van der Waals surface area contributed by atoms with Crippen LogP contribution < -0.4 is 0 Å². The third-order valence-electron chi connectivity index (χ3n) is 4.81. The van der Waals surface area contributed by atoms with E-state index < -0.39 is 5.54 Å². The summed E-state index contributed by atoms with van der Waals surface area (Å²) < 4.78 is 5.38. The highest BCUT2D eigenvalue weighted by atomic mass is 16.5. The number of rotatable bonds is 9. The second-order valence-corrected chi connectivity index (χ2v) is 6.91. The third kappa shape index (κ3) is 5.33. The molecule has 0 aliphatic carbocycles. The molecule has 0 atom stereocenters. The molecule has 0 spiro atoms. The van der Waals surface area contributed by atoms with Gasteiger partial charge in [0, 0.05) is 38.3 Å². The Bertz CT molecular complexity index is 533. The first-order chi connectivity index (χ1) is 12.0. The van der Waals surface area contributed by atoms with E-state index >= 15 is 0 Å². The summed E-state index contributed by atoms with van der Waals surface area (Å²) in [6, 6.07) is 7.64. The number of carbonyl (C=O) groups is 1. The fraction of sp³-hybridized carbons (Fsp3) is 0.632. The molecule has 0 unspecified atom stereocenters. The molecular formula is C19H30N2O4. The van der Waals surface area contributed by atoms with E-state index in [0.717, 1.165) is 18.7 Å². The predicted octanol–water partition coefficient (Wildman–Crippen LogP) is 0.767. The maximum absolute atomic E-state index is 12.9. The largest absolute Gasteiger partial charge is 0.395 e. The molecule has 1 aromatic carbocycles. The molecule has 25 heavy (non-hydrogen) atoms. The number of Topliss-reactive ketones (excluding diaryl/α,β-unsaturated/α-hetero) is 1. The Morgan fingerprint density at radius 1 is 1.12 bits per heavy atom. The van der Waals surface area contributed by atoms with Crippen molar-refractivity contribution >= 4 is 5.78 Å². The molecule has 1 heterocycles. The van der Waals surface area contributed by atoms with Gasteiger partial charge in [-0.1, -0.05) is 24.3 Å². The van der Waals surface area contributed by atoms with E-state index in [0.29, 0.717) is 38.4 Å². The van der Waals surface area contributed by atoms with E-state index in [-0.39, 0.29) is 19.0 Å². The van der Waals surface area contributed by atoms with Gasteiger partial charge >= 0.3 is 0 Å². The van der Waals surface area contributed by atoms with Crippen molar-refractivity contribution in [1.82, 2.24) is 9.80 Å². The number of hydrogen-bond acceptors (Lipinski definition) is 6. The molecule has 140 valence electrons. The molecule has 0 radical (unpaired) electrons. The first-order valence-electron chi connectivity index (χ1n) is 8.89. The van der Waals surface area contributed by atoms with Crippen molar-refractivity contribution < 1.29 is 19.7 Å². The van der Waals surface area contributed by atoms with Crippen LogP contribution in [0.1, 0.15) is 29.8 Å². The topological polar surface area (TPSA) is 73.2 Å².